The van der Waals surface area contributed by atoms with Gasteiger partial charge in [-0.1, -0.05) is 5.28 Å². The van der Waals surface area contributed by atoms with Gasteiger partial charge in [-0.2, -0.15) is 0 Å². The normalized spacial score (nSPS) is 7.20. The van der Waals surface area contributed by atoms with Crippen molar-refractivity contribution < 1.29 is 25.6 Å². The first kappa shape index (κ1) is 9.09. The Bertz CT molecular complexity index is 11.6. The van der Waals surface area contributed by atoms with Gasteiger partial charge in [-0.05, 0) is 0 Å². The molecule has 0 saturated heterocycles. The number of hydrazine groups is 2. The van der Waals surface area contributed by atoms with Gasteiger partial charge >= 0.3 is 0 Å². The van der Waals surface area contributed by atoms with Crippen LogP contribution in [0.2, 0.25) is 0 Å². The zero-order chi connectivity index (χ0) is 3.58. The van der Waals surface area contributed by atoms with Crippen LogP contribution in [-0.4, -0.2) is 10.5 Å². The maximum Gasteiger partial charge on any atom is 0 e. The van der Waals surface area contributed by atoms with Crippen molar-refractivity contribution in [3.8, 4) is 0 Å². The Labute approximate surface area is 43.3 Å². The van der Waals surface area contributed by atoms with E-state index in [9.17, 15) is 0 Å². The SMILES string of the molecule is NN(N)O.[Pd]. The summed E-state index contributed by atoms with van der Waals surface area (Å²) in [6.45, 7) is 0. The van der Waals surface area contributed by atoms with Crippen molar-refractivity contribution in [1.29, 1.82) is 0 Å². The van der Waals surface area contributed by atoms with Gasteiger partial charge in [0.2, 0.25) is 0 Å². The minimum Gasteiger partial charge on any atom is -0.285 e. The second kappa shape index (κ2) is 4.50. The number of hydrogen-bond donors (Lipinski definition) is 3. The molecule has 0 bridgehead atoms. The molecule has 36 valence electrons. The van der Waals surface area contributed by atoms with E-state index in [4.69, 9.17) is 5.21 Å². The molecule has 0 heterocycles. The molecule has 0 atom stereocenters. The first-order valence-corrected chi connectivity index (χ1v) is 0.716. The van der Waals surface area contributed by atoms with Crippen molar-refractivity contribution >= 4 is 0 Å². The molecular formula is H5N3OPd. The first-order chi connectivity index (χ1) is 1.73. The van der Waals surface area contributed by atoms with Crippen molar-refractivity contribution in [3.05, 3.63) is 0 Å². The van der Waals surface area contributed by atoms with Gasteiger partial charge < -0.3 is 0 Å². The summed E-state index contributed by atoms with van der Waals surface area (Å²) < 4.78 is 0. The van der Waals surface area contributed by atoms with Gasteiger partial charge in [0.25, 0.3) is 0 Å². The molecule has 5 N–H and O–H groups in total. The molecule has 0 aliphatic carbocycles. The van der Waals surface area contributed by atoms with E-state index in [0.29, 0.717) is 0 Å². The van der Waals surface area contributed by atoms with Gasteiger partial charge in [-0.15, -0.1) is 0 Å². The van der Waals surface area contributed by atoms with E-state index in [0.717, 1.165) is 0 Å². The average molecular weight is 169 g/mol. The van der Waals surface area contributed by atoms with E-state index in [1.165, 1.54) is 0 Å². The maximum atomic E-state index is 7.44. The summed E-state index contributed by atoms with van der Waals surface area (Å²) in [7, 11) is 0. The maximum absolute atomic E-state index is 7.44. The van der Waals surface area contributed by atoms with Crippen molar-refractivity contribution in [2.24, 2.45) is 11.7 Å². The van der Waals surface area contributed by atoms with Crippen molar-refractivity contribution in [3.63, 3.8) is 0 Å². The molecule has 0 amide bonds. The first-order valence-electron chi connectivity index (χ1n) is 0.716. The summed E-state index contributed by atoms with van der Waals surface area (Å²) in [6, 6.07) is 0. The third-order valence-electron chi connectivity index (χ3n) is 0. The van der Waals surface area contributed by atoms with Crippen molar-refractivity contribution in [2.75, 3.05) is 0 Å². The largest absolute Gasteiger partial charge is 0.285 e. The molecule has 0 aromatic rings. The average Bonchev–Trinajstić information content (AvgIpc) is 0.811. The second-order valence-corrected chi connectivity index (χ2v) is 0.380. The third kappa shape index (κ3) is 112. The second-order valence-electron chi connectivity index (χ2n) is 0.380. The summed E-state index contributed by atoms with van der Waals surface area (Å²) >= 11 is 0. The van der Waals surface area contributed by atoms with Crippen LogP contribution in [0.25, 0.3) is 0 Å². The Morgan fingerprint density at radius 1 is 1.40 bits per heavy atom. The molecule has 0 spiro atoms. The van der Waals surface area contributed by atoms with E-state index in [1.54, 1.807) is 0 Å². The van der Waals surface area contributed by atoms with E-state index < -0.39 is 0 Å². The van der Waals surface area contributed by atoms with E-state index >= 15 is 0 Å². The van der Waals surface area contributed by atoms with Crippen LogP contribution >= 0.6 is 0 Å². The minimum atomic E-state index is 0. The third-order valence-corrected chi connectivity index (χ3v) is 0. The van der Waals surface area contributed by atoms with Crippen molar-refractivity contribution in [2.45, 2.75) is 0 Å². The zero-order valence-electron chi connectivity index (χ0n) is 2.37. The number of nitrogens with zero attached hydrogens (tertiary/aromatic N) is 1. The van der Waals surface area contributed by atoms with Crippen LogP contribution < -0.4 is 11.7 Å². The fourth-order valence-electron chi connectivity index (χ4n) is 0. The quantitative estimate of drug-likeness (QED) is 0.233. The van der Waals surface area contributed by atoms with Crippen LogP contribution in [0.4, 0.5) is 0 Å². The zero-order valence-corrected chi connectivity index (χ0v) is 3.92. The number of nitrogens with two attached hydrogens (primary N) is 2. The molecule has 0 radical (unpaired) electrons. The van der Waals surface area contributed by atoms with Crippen LogP contribution in [0.3, 0.4) is 0 Å². The standard InChI is InChI=1S/H5N3O.Pd/c1-3(2)4;/h4H,1-2H2;. The van der Waals surface area contributed by atoms with Crippen LogP contribution in [0.5, 0.6) is 0 Å². The summed E-state index contributed by atoms with van der Waals surface area (Å²) in [5.74, 6) is 8.56. The predicted octanol–water partition coefficient (Wildman–Crippen LogP) is -1.58. The fraction of sp³-hybridized carbons (Fsp3) is 0. The van der Waals surface area contributed by atoms with Crippen molar-refractivity contribution in [1.82, 2.24) is 5.28 Å². The van der Waals surface area contributed by atoms with E-state index in [-0.39, 0.29) is 25.7 Å². The predicted molar refractivity (Wildman–Crippen MR) is 12.0 cm³/mol. The van der Waals surface area contributed by atoms with Gasteiger partial charge in [0.15, 0.2) is 0 Å². The Hall–Kier alpha value is 0.502. The molecule has 0 aromatic carbocycles. The molecule has 4 nitrogen and oxygen atoms in total. The molecule has 0 aliphatic rings. The topological polar surface area (TPSA) is 75.5 Å². The fourth-order valence-corrected chi connectivity index (χ4v) is 0. The van der Waals surface area contributed by atoms with Gasteiger partial charge in [-0.25, -0.2) is 11.7 Å². The van der Waals surface area contributed by atoms with Crippen LogP contribution in [0.1, 0.15) is 0 Å². The monoisotopic (exact) mass is 169 g/mol. The smallest absolute Gasteiger partial charge is 0 e. The van der Waals surface area contributed by atoms with Gasteiger partial charge in [0, 0.05) is 20.4 Å². The molecule has 5 heavy (non-hydrogen) atoms. The Kier molecular flexibility index (Phi) is 8.19. The van der Waals surface area contributed by atoms with E-state index in [1.807, 2.05) is 0 Å². The number of hydrogen-bond acceptors (Lipinski definition) is 4. The summed E-state index contributed by atoms with van der Waals surface area (Å²) in [5.41, 5.74) is 0. The molecule has 0 rings (SSSR count). The minimum absolute atomic E-state index is 0. The molecule has 5 heteroatoms. The summed E-state index contributed by atoms with van der Waals surface area (Å²) in [4.78, 5) is 0. The molecule has 0 fully saturated rings. The molecule has 0 aliphatic heterocycles. The Balaban J connectivity index is 0. The molecule has 0 unspecified atom stereocenters. The van der Waals surface area contributed by atoms with Gasteiger partial charge in [0.1, 0.15) is 0 Å². The summed E-state index contributed by atoms with van der Waals surface area (Å²) in [6.07, 6.45) is 0. The summed E-state index contributed by atoms with van der Waals surface area (Å²) in [5, 5.41) is 7.44. The van der Waals surface area contributed by atoms with Gasteiger partial charge in [-0.3, -0.25) is 5.21 Å². The van der Waals surface area contributed by atoms with Crippen LogP contribution in [0.15, 0.2) is 0 Å². The van der Waals surface area contributed by atoms with E-state index in [2.05, 4.69) is 11.7 Å². The van der Waals surface area contributed by atoms with Gasteiger partial charge in [0.05, 0.1) is 0 Å². The Morgan fingerprint density at radius 2 is 1.40 bits per heavy atom. The molecule has 0 aromatic heterocycles. The van der Waals surface area contributed by atoms with Crippen LogP contribution in [0, 0.1) is 0 Å². The molecule has 0 saturated carbocycles. The Morgan fingerprint density at radius 3 is 1.40 bits per heavy atom. The molecular weight excluding hydrogens is 164 g/mol. The number of rotatable bonds is 0. The van der Waals surface area contributed by atoms with Crippen LogP contribution in [-0.2, 0) is 20.4 Å².